The van der Waals surface area contributed by atoms with Crippen LogP contribution in [0.2, 0.25) is 0 Å². The number of aryl methyl sites for hydroxylation is 1. The topological polar surface area (TPSA) is 69.0 Å². The van der Waals surface area contributed by atoms with Crippen molar-refractivity contribution in [3.05, 3.63) is 52.9 Å². The maximum Gasteiger partial charge on any atom is 0.230 e. The number of carbonyl (C=O) groups excluding carboxylic acids is 1. The van der Waals surface area contributed by atoms with Crippen LogP contribution >= 0.6 is 23.1 Å². The molecular weight excluding hydrogens is 440 g/mol. The number of amides is 1. The number of hydrogen-bond acceptors (Lipinski definition) is 6. The lowest BCUT2D eigenvalue weighted by Gasteiger charge is -2.19. The Bertz CT molecular complexity index is 1040. The molecule has 1 saturated heterocycles. The molecule has 8 heteroatoms. The first-order valence-corrected chi connectivity index (χ1v) is 13.1. The summed E-state index contributed by atoms with van der Waals surface area (Å²) in [4.78, 5) is 14.0. The minimum absolute atomic E-state index is 0.0387. The Morgan fingerprint density at radius 1 is 1.25 bits per heavy atom. The maximum atomic E-state index is 12.9. The summed E-state index contributed by atoms with van der Waals surface area (Å²) in [5, 5.41) is 15.0. The van der Waals surface area contributed by atoms with E-state index in [-0.39, 0.29) is 18.1 Å². The molecule has 168 valence electrons. The molecule has 2 aromatic heterocycles. The highest BCUT2D eigenvalue weighted by Crippen LogP contribution is 2.41. The van der Waals surface area contributed by atoms with Gasteiger partial charge in [0.25, 0.3) is 0 Å². The molecule has 1 amide bonds. The Morgan fingerprint density at radius 2 is 2.09 bits per heavy atom. The highest BCUT2D eigenvalue weighted by Gasteiger charge is 2.33. The number of thioether (sulfide) groups is 1. The highest BCUT2D eigenvalue weighted by molar-refractivity contribution is 7.99. The summed E-state index contributed by atoms with van der Waals surface area (Å²) in [6, 6.07) is 12.7. The molecular formula is C24H28N4O2S2. The lowest BCUT2D eigenvalue weighted by Crippen LogP contribution is -2.31. The number of nitrogens with one attached hydrogen (secondary N) is 1. The van der Waals surface area contributed by atoms with E-state index < -0.39 is 0 Å². The number of carbonyl (C=O) groups is 1. The van der Waals surface area contributed by atoms with Crippen molar-refractivity contribution in [1.82, 2.24) is 20.1 Å². The second kappa shape index (κ2) is 9.77. The van der Waals surface area contributed by atoms with Crippen molar-refractivity contribution < 1.29 is 9.53 Å². The SMILES string of the molecule is Cc1ccc(C(NC(=O)CSc2nnc(-c3cccs3)n2CC2CCCO2)C2CC2)cc1. The lowest BCUT2D eigenvalue weighted by atomic mass is 10.0. The number of nitrogens with zero attached hydrogens (tertiary/aromatic N) is 3. The fourth-order valence-electron chi connectivity index (χ4n) is 4.16. The molecule has 1 aromatic carbocycles. The summed E-state index contributed by atoms with van der Waals surface area (Å²) in [6.45, 7) is 3.62. The fraction of sp³-hybridized carbons (Fsp3) is 0.458. The van der Waals surface area contributed by atoms with Crippen LogP contribution in [0.15, 0.2) is 46.9 Å². The summed E-state index contributed by atoms with van der Waals surface area (Å²) < 4.78 is 7.98. The number of rotatable bonds is 9. The third-order valence-electron chi connectivity index (χ3n) is 6.05. The van der Waals surface area contributed by atoms with Gasteiger partial charge in [-0.1, -0.05) is 47.7 Å². The van der Waals surface area contributed by atoms with Crippen LogP contribution < -0.4 is 5.32 Å². The first-order chi connectivity index (χ1) is 15.7. The minimum atomic E-state index is 0.0387. The minimum Gasteiger partial charge on any atom is -0.376 e. The number of aromatic nitrogens is 3. The third kappa shape index (κ3) is 5.08. The Balaban J connectivity index is 1.27. The van der Waals surface area contributed by atoms with Crippen molar-refractivity contribution >= 4 is 29.0 Å². The van der Waals surface area contributed by atoms with Gasteiger partial charge in [-0.15, -0.1) is 21.5 Å². The van der Waals surface area contributed by atoms with Gasteiger partial charge in [0.05, 0.1) is 29.3 Å². The molecule has 0 spiro atoms. The quantitative estimate of drug-likeness (QED) is 0.455. The van der Waals surface area contributed by atoms with E-state index in [0.29, 0.717) is 11.7 Å². The number of hydrogen-bond donors (Lipinski definition) is 1. The second-order valence-electron chi connectivity index (χ2n) is 8.61. The van der Waals surface area contributed by atoms with Crippen LogP contribution in [0.25, 0.3) is 10.7 Å². The predicted octanol–water partition coefficient (Wildman–Crippen LogP) is 4.85. The average molecular weight is 469 g/mol. The zero-order chi connectivity index (χ0) is 21.9. The van der Waals surface area contributed by atoms with E-state index >= 15 is 0 Å². The molecule has 3 aromatic rings. The van der Waals surface area contributed by atoms with Crippen molar-refractivity contribution in [1.29, 1.82) is 0 Å². The first kappa shape index (κ1) is 21.7. The van der Waals surface area contributed by atoms with Crippen molar-refractivity contribution in [2.24, 2.45) is 5.92 Å². The van der Waals surface area contributed by atoms with E-state index in [9.17, 15) is 4.79 Å². The smallest absolute Gasteiger partial charge is 0.230 e. The third-order valence-corrected chi connectivity index (χ3v) is 7.88. The van der Waals surface area contributed by atoms with Crippen molar-refractivity contribution in [2.75, 3.05) is 12.4 Å². The molecule has 0 radical (unpaired) electrons. The Labute approximate surface area is 196 Å². The molecule has 3 heterocycles. The van der Waals surface area contributed by atoms with Gasteiger partial charge >= 0.3 is 0 Å². The fourth-order valence-corrected chi connectivity index (χ4v) is 5.64. The van der Waals surface area contributed by atoms with Gasteiger partial charge in [0.15, 0.2) is 11.0 Å². The second-order valence-corrected chi connectivity index (χ2v) is 10.5. The van der Waals surface area contributed by atoms with E-state index in [0.717, 1.165) is 41.9 Å². The van der Waals surface area contributed by atoms with Crippen LogP contribution in [-0.4, -0.2) is 39.1 Å². The summed E-state index contributed by atoms with van der Waals surface area (Å²) in [7, 11) is 0. The van der Waals surface area contributed by atoms with Crippen molar-refractivity contribution in [2.45, 2.75) is 56.5 Å². The molecule has 6 nitrogen and oxygen atoms in total. The van der Waals surface area contributed by atoms with Crippen LogP contribution in [0.5, 0.6) is 0 Å². The standard InChI is InChI=1S/C24H28N4O2S2/c1-16-6-8-17(9-7-16)22(18-10-11-18)25-21(29)15-32-24-27-26-23(20-5-3-13-31-20)28(24)14-19-4-2-12-30-19/h3,5-9,13,18-19,22H,2,4,10-12,14-15H2,1H3,(H,25,29). The van der Waals surface area contributed by atoms with Crippen LogP contribution in [0.1, 0.15) is 42.9 Å². The monoisotopic (exact) mass is 468 g/mol. The van der Waals surface area contributed by atoms with Gasteiger partial charge in [0, 0.05) is 6.61 Å². The van der Waals surface area contributed by atoms with E-state index in [4.69, 9.17) is 4.74 Å². The molecule has 1 aliphatic carbocycles. The molecule has 2 atom stereocenters. The summed E-state index contributed by atoms with van der Waals surface area (Å²) in [6.07, 6.45) is 4.66. The molecule has 32 heavy (non-hydrogen) atoms. The predicted molar refractivity (Wildman–Crippen MR) is 128 cm³/mol. The van der Waals surface area contributed by atoms with E-state index in [2.05, 4.69) is 57.3 Å². The Kier molecular flexibility index (Phi) is 6.62. The van der Waals surface area contributed by atoms with Gasteiger partial charge in [-0.25, -0.2) is 0 Å². The normalized spacial score (nSPS) is 19.2. The van der Waals surface area contributed by atoms with Crippen LogP contribution in [-0.2, 0) is 16.1 Å². The number of thiophene rings is 1. The van der Waals surface area contributed by atoms with Gasteiger partial charge in [0.1, 0.15) is 0 Å². The number of ether oxygens (including phenoxy) is 1. The van der Waals surface area contributed by atoms with Gasteiger partial charge < -0.3 is 10.1 Å². The molecule has 1 aliphatic heterocycles. The molecule has 1 N–H and O–H groups in total. The van der Waals surface area contributed by atoms with Gasteiger partial charge in [-0.3, -0.25) is 9.36 Å². The molecule has 2 unspecified atom stereocenters. The summed E-state index contributed by atoms with van der Waals surface area (Å²) in [5.74, 6) is 1.76. The van der Waals surface area contributed by atoms with Crippen LogP contribution in [0.4, 0.5) is 0 Å². The Morgan fingerprint density at radius 3 is 2.78 bits per heavy atom. The average Bonchev–Trinajstić information content (AvgIpc) is 3.18. The van der Waals surface area contributed by atoms with Gasteiger partial charge in [0.2, 0.25) is 5.91 Å². The van der Waals surface area contributed by atoms with Gasteiger partial charge in [-0.05, 0) is 55.5 Å². The molecule has 2 aliphatic rings. The van der Waals surface area contributed by atoms with Gasteiger partial charge in [-0.2, -0.15) is 0 Å². The van der Waals surface area contributed by atoms with E-state index in [1.54, 1.807) is 11.3 Å². The zero-order valence-electron chi connectivity index (χ0n) is 18.2. The molecule has 0 bridgehead atoms. The lowest BCUT2D eigenvalue weighted by molar-refractivity contribution is -0.119. The van der Waals surface area contributed by atoms with Crippen LogP contribution in [0, 0.1) is 12.8 Å². The van der Waals surface area contributed by atoms with Crippen molar-refractivity contribution in [3.8, 4) is 10.7 Å². The highest BCUT2D eigenvalue weighted by atomic mass is 32.2. The summed E-state index contributed by atoms with van der Waals surface area (Å²) >= 11 is 3.11. The number of benzene rings is 1. The Hall–Kier alpha value is -2.16. The molecule has 1 saturated carbocycles. The van der Waals surface area contributed by atoms with Crippen molar-refractivity contribution in [3.63, 3.8) is 0 Å². The van der Waals surface area contributed by atoms with E-state index in [1.807, 2.05) is 11.4 Å². The largest absolute Gasteiger partial charge is 0.376 e. The molecule has 2 fully saturated rings. The molecule has 5 rings (SSSR count). The zero-order valence-corrected chi connectivity index (χ0v) is 19.8. The van der Waals surface area contributed by atoms with E-state index in [1.165, 1.54) is 35.7 Å². The van der Waals surface area contributed by atoms with Crippen LogP contribution in [0.3, 0.4) is 0 Å². The maximum absolute atomic E-state index is 12.9. The summed E-state index contributed by atoms with van der Waals surface area (Å²) in [5.41, 5.74) is 2.43. The first-order valence-electron chi connectivity index (χ1n) is 11.2.